The van der Waals surface area contributed by atoms with E-state index < -0.39 is 0 Å². The number of aromatic nitrogens is 2. The molecule has 0 spiro atoms. The van der Waals surface area contributed by atoms with Crippen molar-refractivity contribution in [2.24, 2.45) is 0 Å². The molecule has 0 N–H and O–H groups in total. The van der Waals surface area contributed by atoms with Crippen molar-refractivity contribution in [1.29, 1.82) is 0 Å². The first-order valence-electron chi connectivity index (χ1n) is 10.0. The van der Waals surface area contributed by atoms with Crippen LogP contribution in [-0.2, 0) is 17.8 Å². The molecule has 0 fully saturated rings. The second-order valence-electron chi connectivity index (χ2n) is 6.95. The lowest BCUT2D eigenvalue weighted by Crippen LogP contribution is -2.39. The molecule has 2 aromatic carbocycles. The van der Waals surface area contributed by atoms with Crippen molar-refractivity contribution in [2.75, 3.05) is 6.54 Å². The summed E-state index contributed by atoms with van der Waals surface area (Å²) in [6.45, 7) is 6.91. The van der Waals surface area contributed by atoms with E-state index >= 15 is 0 Å². The number of likely N-dealkylation sites (N-methyl/N-ethyl adjacent to an activating group) is 1. The summed E-state index contributed by atoms with van der Waals surface area (Å²) in [7, 11) is 0. The highest BCUT2D eigenvalue weighted by atomic mass is 35.5. The van der Waals surface area contributed by atoms with Crippen molar-refractivity contribution in [3.05, 3.63) is 75.3 Å². The Labute approximate surface area is 175 Å². The standard InChI is InChI=1S/C23H26ClN3O2/c1-4-20(26(5-2)21(28)14-16-10-8-7-9-11-16)22-25-19-15-17(24)12-13-18(19)23(29)27(22)6-3/h7-13,15,20H,4-6,14H2,1-3H3. The third kappa shape index (κ3) is 4.35. The summed E-state index contributed by atoms with van der Waals surface area (Å²) in [5, 5.41) is 1.07. The summed E-state index contributed by atoms with van der Waals surface area (Å²) in [4.78, 5) is 32.8. The van der Waals surface area contributed by atoms with Crippen LogP contribution in [0.4, 0.5) is 0 Å². The number of carbonyl (C=O) groups is 1. The van der Waals surface area contributed by atoms with Gasteiger partial charge in [-0.1, -0.05) is 48.9 Å². The number of halogens is 1. The number of hydrogen-bond donors (Lipinski definition) is 0. The number of rotatable bonds is 7. The lowest BCUT2D eigenvalue weighted by molar-refractivity contribution is -0.133. The predicted molar refractivity (Wildman–Crippen MR) is 117 cm³/mol. The molecule has 0 aliphatic carbocycles. The van der Waals surface area contributed by atoms with Gasteiger partial charge in [-0.05, 0) is 44.0 Å². The monoisotopic (exact) mass is 411 g/mol. The van der Waals surface area contributed by atoms with E-state index in [-0.39, 0.29) is 17.5 Å². The van der Waals surface area contributed by atoms with Gasteiger partial charge in [0.25, 0.3) is 5.56 Å². The maximum Gasteiger partial charge on any atom is 0.261 e. The van der Waals surface area contributed by atoms with Gasteiger partial charge in [0.15, 0.2) is 0 Å². The number of fused-ring (bicyclic) bond motifs is 1. The smallest absolute Gasteiger partial charge is 0.261 e. The van der Waals surface area contributed by atoms with E-state index in [4.69, 9.17) is 16.6 Å². The molecule has 1 amide bonds. The first-order valence-corrected chi connectivity index (χ1v) is 10.4. The van der Waals surface area contributed by atoms with Crippen LogP contribution in [0, 0.1) is 0 Å². The molecule has 1 aromatic heterocycles. The fraction of sp³-hybridized carbons (Fsp3) is 0.348. The van der Waals surface area contributed by atoms with Crippen LogP contribution in [0.1, 0.15) is 44.6 Å². The van der Waals surface area contributed by atoms with Crippen LogP contribution in [-0.4, -0.2) is 26.9 Å². The Morgan fingerprint density at radius 1 is 1.14 bits per heavy atom. The summed E-state index contributed by atoms with van der Waals surface area (Å²) in [6, 6.07) is 14.5. The van der Waals surface area contributed by atoms with Crippen LogP contribution in [0.5, 0.6) is 0 Å². The van der Waals surface area contributed by atoms with Gasteiger partial charge in [-0.3, -0.25) is 14.2 Å². The molecule has 0 radical (unpaired) electrons. The zero-order valence-corrected chi connectivity index (χ0v) is 17.8. The second-order valence-corrected chi connectivity index (χ2v) is 7.38. The molecule has 0 bridgehead atoms. The van der Waals surface area contributed by atoms with E-state index in [0.29, 0.717) is 47.7 Å². The molecule has 5 nitrogen and oxygen atoms in total. The van der Waals surface area contributed by atoms with Crippen molar-refractivity contribution in [2.45, 2.75) is 46.2 Å². The normalized spacial score (nSPS) is 12.1. The zero-order valence-electron chi connectivity index (χ0n) is 17.1. The quantitative estimate of drug-likeness (QED) is 0.570. The Kier molecular flexibility index (Phi) is 6.70. The molecule has 1 heterocycles. The maximum atomic E-state index is 13.1. The van der Waals surface area contributed by atoms with Crippen molar-refractivity contribution in [3.63, 3.8) is 0 Å². The topological polar surface area (TPSA) is 55.2 Å². The molecule has 1 unspecified atom stereocenters. The Morgan fingerprint density at radius 2 is 1.86 bits per heavy atom. The Balaban J connectivity index is 2.06. The van der Waals surface area contributed by atoms with E-state index in [9.17, 15) is 9.59 Å². The average molecular weight is 412 g/mol. The molecule has 152 valence electrons. The molecule has 0 aliphatic heterocycles. The third-order valence-corrected chi connectivity index (χ3v) is 5.42. The molecule has 29 heavy (non-hydrogen) atoms. The second kappa shape index (κ2) is 9.23. The number of nitrogens with zero attached hydrogens (tertiary/aromatic N) is 3. The molecule has 0 saturated carbocycles. The number of benzene rings is 2. The average Bonchev–Trinajstić information content (AvgIpc) is 2.72. The largest absolute Gasteiger partial charge is 0.333 e. The van der Waals surface area contributed by atoms with Gasteiger partial charge in [-0.15, -0.1) is 0 Å². The lowest BCUT2D eigenvalue weighted by Gasteiger charge is -2.31. The van der Waals surface area contributed by atoms with Crippen LogP contribution >= 0.6 is 11.6 Å². The fourth-order valence-electron chi connectivity index (χ4n) is 3.76. The van der Waals surface area contributed by atoms with Crippen LogP contribution in [0.2, 0.25) is 5.02 Å². The summed E-state index contributed by atoms with van der Waals surface area (Å²) < 4.78 is 1.67. The fourth-order valence-corrected chi connectivity index (χ4v) is 3.92. The number of hydrogen-bond acceptors (Lipinski definition) is 3. The van der Waals surface area contributed by atoms with Gasteiger partial charge in [0.1, 0.15) is 5.82 Å². The molecule has 1 atom stereocenters. The molecular weight excluding hydrogens is 386 g/mol. The summed E-state index contributed by atoms with van der Waals surface area (Å²) >= 11 is 6.13. The first kappa shape index (κ1) is 21.1. The Bertz CT molecular complexity index is 1060. The first-order chi connectivity index (χ1) is 14.0. The minimum absolute atomic E-state index is 0.0219. The molecule has 6 heteroatoms. The molecule has 3 rings (SSSR count). The number of amides is 1. The van der Waals surface area contributed by atoms with E-state index in [0.717, 1.165) is 5.56 Å². The van der Waals surface area contributed by atoms with Gasteiger partial charge in [0.2, 0.25) is 5.91 Å². The van der Waals surface area contributed by atoms with Gasteiger partial charge >= 0.3 is 0 Å². The highest BCUT2D eigenvalue weighted by Gasteiger charge is 2.27. The van der Waals surface area contributed by atoms with E-state index in [1.165, 1.54) is 0 Å². The predicted octanol–water partition coefficient (Wildman–Crippen LogP) is 4.61. The minimum atomic E-state index is -0.285. The lowest BCUT2D eigenvalue weighted by atomic mass is 10.1. The third-order valence-electron chi connectivity index (χ3n) is 5.18. The molecule has 0 saturated heterocycles. The Morgan fingerprint density at radius 3 is 2.48 bits per heavy atom. The minimum Gasteiger partial charge on any atom is -0.333 e. The van der Waals surface area contributed by atoms with Crippen molar-refractivity contribution in [3.8, 4) is 0 Å². The number of carbonyl (C=O) groups excluding carboxylic acids is 1. The molecule has 0 aliphatic rings. The van der Waals surface area contributed by atoms with Crippen LogP contribution < -0.4 is 5.56 Å². The van der Waals surface area contributed by atoms with E-state index in [1.54, 1.807) is 22.8 Å². The maximum absolute atomic E-state index is 13.1. The molecule has 3 aromatic rings. The molecular formula is C23H26ClN3O2. The van der Waals surface area contributed by atoms with Crippen LogP contribution in [0.15, 0.2) is 53.3 Å². The van der Waals surface area contributed by atoms with E-state index in [1.807, 2.05) is 56.0 Å². The highest BCUT2D eigenvalue weighted by molar-refractivity contribution is 6.31. The van der Waals surface area contributed by atoms with Crippen molar-refractivity contribution in [1.82, 2.24) is 14.5 Å². The zero-order chi connectivity index (χ0) is 21.0. The van der Waals surface area contributed by atoms with Gasteiger partial charge in [0, 0.05) is 18.1 Å². The Hall–Kier alpha value is -2.66. The summed E-state index contributed by atoms with van der Waals surface area (Å²) in [6.07, 6.45) is 0.980. The summed E-state index contributed by atoms with van der Waals surface area (Å²) in [5.74, 6) is 0.631. The van der Waals surface area contributed by atoms with Crippen molar-refractivity contribution >= 4 is 28.4 Å². The van der Waals surface area contributed by atoms with Gasteiger partial charge in [-0.2, -0.15) is 0 Å². The van der Waals surface area contributed by atoms with Crippen molar-refractivity contribution < 1.29 is 4.79 Å². The van der Waals surface area contributed by atoms with Crippen LogP contribution in [0.3, 0.4) is 0 Å². The van der Waals surface area contributed by atoms with Crippen LogP contribution in [0.25, 0.3) is 10.9 Å². The SMILES string of the molecule is CCC(c1nc2cc(Cl)ccc2c(=O)n1CC)N(CC)C(=O)Cc1ccccc1. The summed E-state index contributed by atoms with van der Waals surface area (Å²) in [5.41, 5.74) is 1.43. The van der Waals surface area contributed by atoms with Gasteiger partial charge in [-0.25, -0.2) is 4.98 Å². The van der Waals surface area contributed by atoms with Gasteiger partial charge < -0.3 is 4.90 Å². The van der Waals surface area contributed by atoms with Gasteiger partial charge in [0.05, 0.1) is 23.4 Å². The van der Waals surface area contributed by atoms with E-state index in [2.05, 4.69) is 0 Å². The highest BCUT2D eigenvalue weighted by Crippen LogP contribution is 2.25.